The minimum Gasteiger partial charge on any atom is -0.336 e. The van der Waals surface area contributed by atoms with Crippen molar-refractivity contribution >= 4 is 11.6 Å². The smallest absolute Gasteiger partial charge is 0.259 e. The van der Waals surface area contributed by atoms with E-state index in [1.54, 1.807) is 10.7 Å². The van der Waals surface area contributed by atoms with Gasteiger partial charge in [-0.05, 0) is 27.1 Å². The van der Waals surface area contributed by atoms with Gasteiger partial charge in [-0.1, -0.05) is 13.8 Å². The Bertz CT molecular complexity index is 738. The van der Waals surface area contributed by atoms with Gasteiger partial charge in [0.15, 0.2) is 5.65 Å². The molecular weight excluding hydrogens is 316 g/mol. The highest BCUT2D eigenvalue weighted by atomic mass is 16.2. The molecule has 1 atom stereocenters. The van der Waals surface area contributed by atoms with Crippen LogP contribution < -0.4 is 0 Å². The molecule has 2 aromatic heterocycles. The highest BCUT2D eigenvalue weighted by Crippen LogP contribution is 2.16. The predicted molar refractivity (Wildman–Crippen MR) is 97.6 cm³/mol. The molecule has 25 heavy (non-hydrogen) atoms. The summed E-state index contributed by atoms with van der Waals surface area (Å²) in [6.45, 7) is 11.7. The van der Waals surface area contributed by atoms with E-state index in [0.717, 1.165) is 44.8 Å². The quantitative estimate of drug-likeness (QED) is 0.819. The molecule has 2 aromatic rings. The summed E-state index contributed by atoms with van der Waals surface area (Å²) >= 11 is 0. The van der Waals surface area contributed by atoms with E-state index in [-0.39, 0.29) is 5.91 Å². The number of hydrogen-bond acceptors (Lipinski definition) is 5. The van der Waals surface area contributed by atoms with Gasteiger partial charge in [-0.25, -0.2) is 9.50 Å². The Labute approximate surface area is 149 Å². The molecule has 3 heterocycles. The van der Waals surface area contributed by atoms with Gasteiger partial charge >= 0.3 is 0 Å². The first-order valence-electron chi connectivity index (χ1n) is 9.07. The molecule has 3 rings (SSSR count). The van der Waals surface area contributed by atoms with E-state index >= 15 is 0 Å². The second-order valence-electron chi connectivity index (χ2n) is 6.83. The number of nitrogens with zero attached hydrogens (tertiary/aromatic N) is 6. The van der Waals surface area contributed by atoms with Gasteiger partial charge in [0, 0.05) is 50.2 Å². The molecule has 0 aliphatic carbocycles. The molecule has 0 bridgehead atoms. The van der Waals surface area contributed by atoms with Crippen molar-refractivity contribution in [3.8, 4) is 0 Å². The maximum Gasteiger partial charge on any atom is 0.259 e. The van der Waals surface area contributed by atoms with E-state index in [1.165, 1.54) is 0 Å². The number of likely N-dealkylation sites (N-methyl/N-ethyl adjacent to an activating group) is 1. The fraction of sp³-hybridized carbons (Fsp3) is 0.611. The summed E-state index contributed by atoms with van der Waals surface area (Å²) < 4.78 is 1.73. The van der Waals surface area contributed by atoms with Gasteiger partial charge in [0.2, 0.25) is 0 Å². The number of hydrogen-bond donors (Lipinski definition) is 0. The summed E-state index contributed by atoms with van der Waals surface area (Å²) in [5.74, 6) is 0.0268. The molecule has 1 amide bonds. The molecule has 0 N–H and O–H groups in total. The van der Waals surface area contributed by atoms with Crippen molar-refractivity contribution in [3.63, 3.8) is 0 Å². The Kier molecular flexibility index (Phi) is 5.34. The second-order valence-corrected chi connectivity index (χ2v) is 6.83. The Morgan fingerprint density at radius 3 is 2.72 bits per heavy atom. The number of aromatic nitrogens is 3. The monoisotopic (exact) mass is 344 g/mol. The minimum absolute atomic E-state index is 0.0268. The fourth-order valence-electron chi connectivity index (χ4n) is 3.25. The van der Waals surface area contributed by atoms with Crippen LogP contribution in [0.15, 0.2) is 18.6 Å². The van der Waals surface area contributed by atoms with Crippen LogP contribution in [0.2, 0.25) is 0 Å². The van der Waals surface area contributed by atoms with Crippen LogP contribution in [-0.2, 0) is 6.54 Å². The molecule has 1 aliphatic rings. The first-order valence-corrected chi connectivity index (χ1v) is 9.07. The summed E-state index contributed by atoms with van der Waals surface area (Å²) in [4.78, 5) is 23.9. The van der Waals surface area contributed by atoms with Crippen molar-refractivity contribution in [1.82, 2.24) is 29.3 Å². The van der Waals surface area contributed by atoms with E-state index < -0.39 is 0 Å². The lowest BCUT2D eigenvalue weighted by molar-refractivity contribution is 0.0574. The van der Waals surface area contributed by atoms with Crippen molar-refractivity contribution in [1.29, 1.82) is 0 Å². The molecule has 136 valence electrons. The summed E-state index contributed by atoms with van der Waals surface area (Å²) in [6, 6.07) is 0.369. The van der Waals surface area contributed by atoms with Gasteiger partial charge in [0.1, 0.15) is 5.56 Å². The molecule has 7 heteroatoms. The Hall–Kier alpha value is -1.99. The molecule has 7 nitrogen and oxygen atoms in total. The van der Waals surface area contributed by atoms with Gasteiger partial charge < -0.3 is 9.80 Å². The SMILES string of the molecule is CCN(CC)Cc1cnc2c(C(=O)N3CCN(C)[C@@H](C)C3)cnn2c1. The molecule has 1 saturated heterocycles. The Morgan fingerprint density at radius 2 is 2.04 bits per heavy atom. The van der Waals surface area contributed by atoms with Gasteiger partial charge in [-0.3, -0.25) is 9.69 Å². The van der Waals surface area contributed by atoms with Crippen molar-refractivity contribution in [3.05, 3.63) is 29.7 Å². The van der Waals surface area contributed by atoms with E-state index in [1.807, 2.05) is 17.3 Å². The van der Waals surface area contributed by atoms with Crippen LogP contribution in [0.4, 0.5) is 0 Å². The average Bonchev–Trinajstić information content (AvgIpc) is 3.04. The van der Waals surface area contributed by atoms with Crippen molar-refractivity contribution < 1.29 is 4.79 Å². The number of piperazine rings is 1. The number of rotatable bonds is 5. The second kappa shape index (κ2) is 7.49. The first kappa shape index (κ1) is 17.8. The normalized spacial score (nSPS) is 19.1. The van der Waals surface area contributed by atoms with E-state index in [9.17, 15) is 4.79 Å². The highest BCUT2D eigenvalue weighted by Gasteiger charge is 2.27. The molecule has 0 unspecified atom stereocenters. The third-order valence-corrected chi connectivity index (χ3v) is 5.19. The van der Waals surface area contributed by atoms with Crippen LogP contribution in [-0.4, -0.2) is 81.0 Å². The lowest BCUT2D eigenvalue weighted by atomic mass is 10.2. The summed E-state index contributed by atoms with van der Waals surface area (Å²) in [5, 5.41) is 4.37. The molecule has 1 aliphatic heterocycles. The maximum absolute atomic E-state index is 12.9. The summed E-state index contributed by atoms with van der Waals surface area (Å²) in [5.41, 5.74) is 2.33. The van der Waals surface area contributed by atoms with E-state index in [0.29, 0.717) is 17.3 Å². The van der Waals surface area contributed by atoms with Crippen molar-refractivity contribution in [2.24, 2.45) is 0 Å². The molecule has 0 saturated carbocycles. The Balaban J connectivity index is 1.80. The van der Waals surface area contributed by atoms with Crippen molar-refractivity contribution in [2.45, 2.75) is 33.4 Å². The van der Waals surface area contributed by atoms with Gasteiger partial charge in [-0.2, -0.15) is 5.10 Å². The van der Waals surface area contributed by atoms with Crippen LogP contribution >= 0.6 is 0 Å². The summed E-state index contributed by atoms with van der Waals surface area (Å²) in [7, 11) is 2.10. The largest absolute Gasteiger partial charge is 0.336 e. The van der Waals surface area contributed by atoms with Crippen LogP contribution in [0.1, 0.15) is 36.7 Å². The minimum atomic E-state index is 0.0268. The zero-order valence-corrected chi connectivity index (χ0v) is 15.6. The average molecular weight is 344 g/mol. The lowest BCUT2D eigenvalue weighted by Crippen LogP contribution is -2.52. The topological polar surface area (TPSA) is 57.0 Å². The zero-order chi connectivity index (χ0) is 18.0. The standard InChI is InChI=1S/C18H28N6O/c1-5-22(6-2)12-15-9-19-17-16(10-20-24(17)13-15)18(25)23-8-7-21(4)14(3)11-23/h9-10,13-14H,5-8,11-12H2,1-4H3/t14-/m0/s1. The van der Waals surface area contributed by atoms with E-state index in [4.69, 9.17) is 0 Å². The van der Waals surface area contributed by atoms with Crippen LogP contribution in [0.25, 0.3) is 5.65 Å². The van der Waals surface area contributed by atoms with Crippen LogP contribution in [0.5, 0.6) is 0 Å². The molecule has 1 fully saturated rings. The third-order valence-electron chi connectivity index (χ3n) is 5.19. The molecular formula is C18H28N6O. The number of fused-ring (bicyclic) bond motifs is 1. The number of carbonyl (C=O) groups is 1. The molecule has 0 aromatic carbocycles. The molecule has 0 radical (unpaired) electrons. The zero-order valence-electron chi connectivity index (χ0n) is 15.6. The fourth-order valence-corrected chi connectivity index (χ4v) is 3.25. The number of amides is 1. The van der Waals surface area contributed by atoms with Gasteiger partial charge in [-0.15, -0.1) is 0 Å². The maximum atomic E-state index is 12.9. The van der Waals surface area contributed by atoms with Crippen LogP contribution in [0, 0.1) is 0 Å². The predicted octanol–water partition coefficient (Wildman–Crippen LogP) is 1.35. The lowest BCUT2D eigenvalue weighted by Gasteiger charge is -2.37. The van der Waals surface area contributed by atoms with E-state index in [2.05, 4.69) is 47.7 Å². The number of carbonyl (C=O) groups excluding carboxylic acids is 1. The third kappa shape index (κ3) is 3.67. The van der Waals surface area contributed by atoms with Crippen molar-refractivity contribution in [2.75, 3.05) is 39.8 Å². The Morgan fingerprint density at radius 1 is 1.28 bits per heavy atom. The van der Waals surface area contributed by atoms with Gasteiger partial charge in [0.05, 0.1) is 6.20 Å². The highest BCUT2D eigenvalue weighted by molar-refractivity contribution is 5.99. The molecule has 0 spiro atoms. The van der Waals surface area contributed by atoms with Gasteiger partial charge in [0.25, 0.3) is 5.91 Å². The van der Waals surface area contributed by atoms with Crippen LogP contribution in [0.3, 0.4) is 0 Å². The summed E-state index contributed by atoms with van der Waals surface area (Å²) in [6.07, 6.45) is 5.48. The first-order chi connectivity index (χ1) is 12.0.